The molecule has 0 radical (unpaired) electrons. The van der Waals surface area contributed by atoms with Gasteiger partial charge in [-0.25, -0.2) is 9.37 Å². The van der Waals surface area contributed by atoms with E-state index in [2.05, 4.69) is 9.72 Å². The molecule has 0 aromatic carbocycles. The maximum atomic E-state index is 12.9. The van der Waals surface area contributed by atoms with Gasteiger partial charge < -0.3 is 10.5 Å². The van der Waals surface area contributed by atoms with Gasteiger partial charge in [-0.15, -0.1) is 0 Å². The Bertz CT molecular complexity index is 328. The maximum absolute atomic E-state index is 12.9. The molecule has 2 N–H and O–H groups in total. The fourth-order valence-electron chi connectivity index (χ4n) is 0.834. The van der Waals surface area contributed by atoms with Gasteiger partial charge in [-0.3, -0.25) is 4.79 Å². The van der Waals surface area contributed by atoms with Gasteiger partial charge in [0.25, 0.3) is 0 Å². The lowest BCUT2D eigenvalue weighted by atomic mass is 10.2. The average Bonchev–Trinajstić information content (AvgIpc) is 2.11. The molecule has 1 aromatic heterocycles. The summed E-state index contributed by atoms with van der Waals surface area (Å²) in [5, 5.41) is 0. The number of nitrogen functional groups attached to an aromatic ring is 1. The number of carbonyl (C=O) groups is 1. The number of aromatic nitrogens is 1. The summed E-state index contributed by atoms with van der Waals surface area (Å²) in [5.74, 6) is -0.920. The Labute approximate surface area is 74.5 Å². The Hall–Kier alpha value is -1.65. The molecule has 13 heavy (non-hydrogen) atoms. The van der Waals surface area contributed by atoms with Gasteiger partial charge in [-0.1, -0.05) is 0 Å². The van der Waals surface area contributed by atoms with Gasteiger partial charge in [0.15, 0.2) is 0 Å². The van der Waals surface area contributed by atoms with E-state index in [1.807, 2.05) is 0 Å². The van der Waals surface area contributed by atoms with Crippen molar-refractivity contribution in [2.75, 3.05) is 12.8 Å². The summed E-state index contributed by atoms with van der Waals surface area (Å²) in [6.07, 6.45) is -0.201. The number of ether oxygens (including phenoxy) is 1. The quantitative estimate of drug-likeness (QED) is 0.680. The summed E-state index contributed by atoms with van der Waals surface area (Å²) in [7, 11) is 1.23. The van der Waals surface area contributed by atoms with Crippen LogP contribution < -0.4 is 5.73 Å². The van der Waals surface area contributed by atoms with Crippen LogP contribution in [-0.2, 0) is 16.0 Å². The van der Waals surface area contributed by atoms with E-state index >= 15 is 0 Å². The van der Waals surface area contributed by atoms with Crippen molar-refractivity contribution in [2.24, 2.45) is 0 Å². The first-order valence-corrected chi connectivity index (χ1v) is 3.61. The van der Waals surface area contributed by atoms with Crippen molar-refractivity contribution in [3.63, 3.8) is 0 Å². The lowest BCUT2D eigenvalue weighted by Gasteiger charge is -2.01. The third kappa shape index (κ3) is 2.40. The zero-order chi connectivity index (χ0) is 9.84. The molecule has 0 aliphatic heterocycles. The van der Waals surface area contributed by atoms with Gasteiger partial charge >= 0.3 is 5.97 Å². The molecule has 0 saturated carbocycles. The van der Waals surface area contributed by atoms with Gasteiger partial charge in [0, 0.05) is 0 Å². The zero-order valence-electron chi connectivity index (χ0n) is 7.08. The second kappa shape index (κ2) is 3.84. The van der Waals surface area contributed by atoms with Crippen molar-refractivity contribution in [3.05, 3.63) is 23.6 Å². The third-order valence-corrected chi connectivity index (χ3v) is 1.48. The average molecular weight is 184 g/mol. The van der Waals surface area contributed by atoms with Crippen molar-refractivity contribution in [1.29, 1.82) is 0 Å². The van der Waals surface area contributed by atoms with E-state index in [9.17, 15) is 9.18 Å². The van der Waals surface area contributed by atoms with E-state index in [1.165, 1.54) is 19.2 Å². The van der Waals surface area contributed by atoms with Crippen LogP contribution in [0, 0.1) is 5.82 Å². The predicted octanol–water partition coefficient (Wildman–Crippen LogP) is 0.518. The predicted molar refractivity (Wildman–Crippen MR) is 44.3 cm³/mol. The summed E-state index contributed by atoms with van der Waals surface area (Å²) in [6.45, 7) is 0. The molecule has 5 heteroatoms. The van der Waals surface area contributed by atoms with Crippen LogP contribution in [0.1, 0.15) is 5.69 Å². The van der Waals surface area contributed by atoms with E-state index in [1.54, 1.807) is 0 Å². The summed E-state index contributed by atoms with van der Waals surface area (Å²) in [5.41, 5.74) is 5.32. The normalized spacial score (nSPS) is 9.69. The van der Waals surface area contributed by atoms with Crippen LogP contribution in [-0.4, -0.2) is 18.1 Å². The molecule has 0 atom stereocenters. The molecule has 0 fully saturated rings. The van der Waals surface area contributed by atoms with E-state index in [-0.39, 0.29) is 17.9 Å². The molecule has 0 saturated heterocycles. The van der Waals surface area contributed by atoms with Crippen LogP contribution in [0.5, 0.6) is 0 Å². The molecule has 0 aliphatic rings. The number of methoxy groups -OCH3 is 1. The minimum atomic E-state index is -0.556. The minimum absolute atomic E-state index is 0.00634. The number of hydrogen-bond acceptors (Lipinski definition) is 4. The SMILES string of the molecule is COC(=O)Cc1nc(N)ccc1F. The van der Waals surface area contributed by atoms with Crippen LogP contribution in [0.25, 0.3) is 0 Å². The standard InChI is InChI=1S/C8H9FN2O2/c1-13-8(12)4-6-5(9)2-3-7(10)11-6/h2-3H,4H2,1H3,(H2,10,11). The number of nitrogens with zero attached hydrogens (tertiary/aromatic N) is 1. The van der Waals surface area contributed by atoms with Crippen LogP contribution >= 0.6 is 0 Å². The molecule has 4 nitrogen and oxygen atoms in total. The Balaban J connectivity index is 2.87. The van der Waals surface area contributed by atoms with E-state index < -0.39 is 11.8 Å². The fourth-order valence-corrected chi connectivity index (χ4v) is 0.834. The van der Waals surface area contributed by atoms with E-state index in [0.29, 0.717) is 0 Å². The van der Waals surface area contributed by atoms with E-state index in [0.717, 1.165) is 0 Å². The summed E-state index contributed by atoms with van der Waals surface area (Å²) < 4.78 is 17.3. The highest BCUT2D eigenvalue weighted by Crippen LogP contribution is 2.08. The zero-order valence-corrected chi connectivity index (χ0v) is 7.08. The fraction of sp³-hybridized carbons (Fsp3) is 0.250. The molecule has 0 unspecified atom stereocenters. The number of esters is 1. The first kappa shape index (κ1) is 9.44. The Morgan fingerprint density at radius 3 is 3.00 bits per heavy atom. The van der Waals surface area contributed by atoms with Gasteiger partial charge in [-0.05, 0) is 12.1 Å². The van der Waals surface area contributed by atoms with E-state index in [4.69, 9.17) is 5.73 Å². The molecule has 0 bridgehead atoms. The largest absolute Gasteiger partial charge is 0.469 e. The number of rotatable bonds is 2. The minimum Gasteiger partial charge on any atom is -0.469 e. The van der Waals surface area contributed by atoms with Crippen molar-refractivity contribution < 1.29 is 13.9 Å². The first-order chi connectivity index (χ1) is 6.13. The molecule has 1 aromatic rings. The van der Waals surface area contributed by atoms with Gasteiger partial charge in [0.05, 0.1) is 19.2 Å². The van der Waals surface area contributed by atoms with Crippen molar-refractivity contribution in [1.82, 2.24) is 4.98 Å². The Morgan fingerprint density at radius 2 is 2.38 bits per heavy atom. The van der Waals surface area contributed by atoms with Crippen molar-refractivity contribution >= 4 is 11.8 Å². The van der Waals surface area contributed by atoms with Crippen LogP contribution in [0.4, 0.5) is 10.2 Å². The molecule has 1 rings (SSSR count). The molecular formula is C8H9FN2O2. The number of anilines is 1. The molecule has 0 spiro atoms. The molecule has 0 aliphatic carbocycles. The van der Waals surface area contributed by atoms with Gasteiger partial charge in [-0.2, -0.15) is 0 Å². The highest BCUT2D eigenvalue weighted by atomic mass is 19.1. The number of carbonyl (C=O) groups excluding carboxylic acids is 1. The van der Waals surface area contributed by atoms with Crippen LogP contribution in [0.2, 0.25) is 0 Å². The van der Waals surface area contributed by atoms with Crippen LogP contribution in [0.3, 0.4) is 0 Å². The van der Waals surface area contributed by atoms with Gasteiger partial charge in [0.1, 0.15) is 11.6 Å². The second-order valence-corrected chi connectivity index (χ2v) is 2.42. The third-order valence-electron chi connectivity index (χ3n) is 1.48. The maximum Gasteiger partial charge on any atom is 0.311 e. The highest BCUT2D eigenvalue weighted by molar-refractivity contribution is 5.71. The number of pyridine rings is 1. The molecule has 70 valence electrons. The molecule has 1 heterocycles. The number of halogens is 1. The topological polar surface area (TPSA) is 65.2 Å². The smallest absolute Gasteiger partial charge is 0.311 e. The van der Waals surface area contributed by atoms with Gasteiger partial charge in [0.2, 0.25) is 0 Å². The van der Waals surface area contributed by atoms with Crippen molar-refractivity contribution in [2.45, 2.75) is 6.42 Å². The summed E-state index contributed by atoms with van der Waals surface area (Å²) >= 11 is 0. The molecular weight excluding hydrogens is 175 g/mol. The summed E-state index contributed by atoms with van der Waals surface area (Å²) in [4.78, 5) is 14.4. The lowest BCUT2D eigenvalue weighted by molar-refractivity contribution is -0.139. The highest BCUT2D eigenvalue weighted by Gasteiger charge is 2.09. The van der Waals surface area contributed by atoms with Crippen LogP contribution in [0.15, 0.2) is 12.1 Å². The second-order valence-electron chi connectivity index (χ2n) is 2.42. The monoisotopic (exact) mass is 184 g/mol. The Kier molecular flexibility index (Phi) is 2.79. The van der Waals surface area contributed by atoms with Crippen molar-refractivity contribution in [3.8, 4) is 0 Å². The number of hydrogen-bond donors (Lipinski definition) is 1. The Morgan fingerprint density at radius 1 is 1.69 bits per heavy atom. The lowest BCUT2D eigenvalue weighted by Crippen LogP contribution is -2.09. The summed E-state index contributed by atoms with van der Waals surface area (Å²) in [6, 6.07) is 2.50. The first-order valence-electron chi connectivity index (χ1n) is 3.61. The molecule has 0 amide bonds. The number of nitrogens with two attached hydrogens (primary N) is 1.